The number of non-ortho nitro benzene ring substituents is 1. The Morgan fingerprint density at radius 1 is 1.47 bits per heavy atom. The van der Waals surface area contributed by atoms with E-state index in [1.54, 1.807) is 19.2 Å². The fourth-order valence-corrected chi connectivity index (χ4v) is 1.80. The molecule has 6 heteroatoms. The molecule has 19 heavy (non-hydrogen) atoms. The van der Waals surface area contributed by atoms with Crippen molar-refractivity contribution in [3.63, 3.8) is 0 Å². The van der Waals surface area contributed by atoms with Crippen LogP contribution in [0.25, 0.3) is 0 Å². The fraction of sp³-hybridized carbons (Fsp3) is 0.538. The third kappa shape index (κ3) is 4.84. The summed E-state index contributed by atoms with van der Waals surface area (Å²) in [5.41, 5.74) is 1.99. The average molecular weight is 267 g/mol. The number of nitro benzene ring substituents is 1. The summed E-state index contributed by atoms with van der Waals surface area (Å²) in [7, 11) is 3.62. The lowest BCUT2D eigenvalue weighted by molar-refractivity contribution is -0.384. The van der Waals surface area contributed by atoms with E-state index in [0.29, 0.717) is 13.2 Å². The van der Waals surface area contributed by atoms with E-state index in [-0.39, 0.29) is 10.6 Å². The number of anilines is 1. The molecule has 1 aromatic rings. The monoisotopic (exact) mass is 267 g/mol. The average Bonchev–Trinajstić information content (AvgIpc) is 2.38. The maximum atomic E-state index is 10.8. The minimum absolute atomic E-state index is 0.122. The predicted octanol–water partition coefficient (Wildman–Crippen LogP) is 2.10. The minimum Gasteiger partial charge on any atom is -0.385 e. The Morgan fingerprint density at radius 2 is 2.21 bits per heavy atom. The van der Waals surface area contributed by atoms with Gasteiger partial charge in [0.25, 0.3) is 5.69 Å². The van der Waals surface area contributed by atoms with Gasteiger partial charge in [0.1, 0.15) is 0 Å². The van der Waals surface area contributed by atoms with Gasteiger partial charge in [0.15, 0.2) is 0 Å². The number of nitrogens with zero attached hydrogens (tertiary/aromatic N) is 2. The normalized spacial score (nSPS) is 10.7. The zero-order chi connectivity index (χ0) is 14.3. The van der Waals surface area contributed by atoms with Gasteiger partial charge in [0.05, 0.1) is 11.5 Å². The van der Waals surface area contributed by atoms with E-state index in [9.17, 15) is 10.1 Å². The molecule has 6 nitrogen and oxygen atoms in total. The topological polar surface area (TPSA) is 67.6 Å². The van der Waals surface area contributed by atoms with Gasteiger partial charge in [-0.05, 0) is 25.6 Å². The lowest BCUT2D eigenvalue weighted by Crippen LogP contribution is -2.23. The number of nitro groups is 1. The maximum absolute atomic E-state index is 10.8. The predicted molar refractivity (Wildman–Crippen MR) is 75.5 cm³/mol. The van der Waals surface area contributed by atoms with E-state index in [1.165, 1.54) is 6.07 Å². The molecule has 0 aliphatic heterocycles. The van der Waals surface area contributed by atoms with Gasteiger partial charge in [-0.3, -0.25) is 15.0 Å². The van der Waals surface area contributed by atoms with Gasteiger partial charge < -0.3 is 10.1 Å². The van der Waals surface area contributed by atoms with Gasteiger partial charge in [0, 0.05) is 44.6 Å². The summed E-state index contributed by atoms with van der Waals surface area (Å²) in [5.74, 6) is 0. The van der Waals surface area contributed by atoms with Crippen LogP contribution < -0.4 is 5.32 Å². The summed E-state index contributed by atoms with van der Waals surface area (Å²) >= 11 is 0. The molecule has 0 bridgehead atoms. The van der Waals surface area contributed by atoms with Crippen LogP contribution in [0.2, 0.25) is 0 Å². The molecule has 1 aromatic carbocycles. The van der Waals surface area contributed by atoms with Crippen molar-refractivity contribution in [2.45, 2.75) is 13.5 Å². The molecule has 0 amide bonds. The molecule has 0 unspecified atom stereocenters. The number of ether oxygens (including phenoxy) is 1. The van der Waals surface area contributed by atoms with E-state index in [1.807, 2.05) is 14.0 Å². The number of rotatable bonds is 8. The molecule has 0 atom stereocenters. The minimum atomic E-state index is -0.367. The Balaban J connectivity index is 2.87. The summed E-state index contributed by atoms with van der Waals surface area (Å²) in [5, 5.41) is 14.1. The smallest absolute Gasteiger partial charge is 0.269 e. The quantitative estimate of drug-likeness (QED) is 0.577. The second kappa shape index (κ2) is 7.70. The Bertz CT molecular complexity index is 424. The summed E-state index contributed by atoms with van der Waals surface area (Å²) in [6, 6.07) is 4.92. The zero-order valence-electron chi connectivity index (χ0n) is 11.7. The molecule has 1 rings (SSSR count). The second-order valence-corrected chi connectivity index (χ2v) is 4.36. The maximum Gasteiger partial charge on any atom is 0.269 e. The summed E-state index contributed by atoms with van der Waals surface area (Å²) < 4.78 is 5.02. The molecule has 0 saturated carbocycles. The van der Waals surface area contributed by atoms with Crippen LogP contribution in [0.1, 0.15) is 12.5 Å². The molecule has 0 fully saturated rings. The molecule has 1 N–H and O–H groups in total. The first-order valence-corrected chi connectivity index (χ1v) is 6.27. The number of nitrogens with one attached hydrogen (secondary N) is 1. The van der Waals surface area contributed by atoms with Crippen molar-refractivity contribution in [1.29, 1.82) is 0 Å². The van der Waals surface area contributed by atoms with Crippen LogP contribution in [0.4, 0.5) is 11.4 Å². The van der Waals surface area contributed by atoms with Gasteiger partial charge in [-0.1, -0.05) is 0 Å². The molecule has 0 heterocycles. The van der Waals surface area contributed by atoms with Crippen molar-refractivity contribution in [1.82, 2.24) is 4.90 Å². The number of benzene rings is 1. The highest BCUT2D eigenvalue weighted by Gasteiger charge is 2.12. The summed E-state index contributed by atoms with van der Waals surface area (Å²) in [6.45, 7) is 4.85. The van der Waals surface area contributed by atoms with Gasteiger partial charge in [-0.15, -0.1) is 0 Å². The molecule has 0 aliphatic carbocycles. The van der Waals surface area contributed by atoms with E-state index < -0.39 is 0 Å². The number of hydrogen-bond acceptors (Lipinski definition) is 5. The fourth-order valence-electron chi connectivity index (χ4n) is 1.80. The highest BCUT2D eigenvalue weighted by Crippen LogP contribution is 2.23. The van der Waals surface area contributed by atoms with E-state index in [4.69, 9.17) is 4.74 Å². The summed E-state index contributed by atoms with van der Waals surface area (Å²) in [4.78, 5) is 12.5. The first-order chi connectivity index (χ1) is 9.08. The van der Waals surface area contributed by atoms with Gasteiger partial charge in [-0.25, -0.2) is 0 Å². The first-order valence-electron chi connectivity index (χ1n) is 6.27. The lowest BCUT2D eigenvalue weighted by Gasteiger charge is -2.18. The Labute approximate surface area is 113 Å². The van der Waals surface area contributed by atoms with Crippen molar-refractivity contribution in [3.05, 3.63) is 33.9 Å². The van der Waals surface area contributed by atoms with Crippen LogP contribution in [0.3, 0.4) is 0 Å². The molecule has 0 saturated heterocycles. The first kappa shape index (κ1) is 15.4. The molecule has 106 valence electrons. The van der Waals surface area contributed by atoms with Crippen molar-refractivity contribution < 1.29 is 9.66 Å². The van der Waals surface area contributed by atoms with Gasteiger partial charge in [0.2, 0.25) is 0 Å². The lowest BCUT2D eigenvalue weighted by atomic mass is 10.1. The van der Waals surface area contributed by atoms with E-state index in [2.05, 4.69) is 10.2 Å². The number of hydrogen-bond donors (Lipinski definition) is 1. The van der Waals surface area contributed by atoms with Crippen molar-refractivity contribution >= 4 is 11.4 Å². The van der Waals surface area contributed by atoms with Crippen molar-refractivity contribution in [2.75, 3.05) is 39.2 Å². The molecule has 0 aliphatic rings. The Hall–Kier alpha value is -1.66. The third-order valence-electron chi connectivity index (χ3n) is 2.78. The Kier molecular flexibility index (Phi) is 6.24. The van der Waals surface area contributed by atoms with Crippen LogP contribution in [0.15, 0.2) is 18.2 Å². The number of likely N-dealkylation sites (N-methyl/N-ethyl adjacent to an activating group) is 1. The van der Waals surface area contributed by atoms with Crippen LogP contribution in [0.5, 0.6) is 0 Å². The van der Waals surface area contributed by atoms with Crippen LogP contribution in [-0.2, 0) is 11.3 Å². The number of methoxy groups -OCH3 is 1. The molecular weight excluding hydrogens is 246 g/mol. The van der Waals surface area contributed by atoms with Crippen LogP contribution in [-0.4, -0.2) is 43.7 Å². The largest absolute Gasteiger partial charge is 0.385 e. The van der Waals surface area contributed by atoms with Crippen molar-refractivity contribution in [2.24, 2.45) is 0 Å². The van der Waals surface area contributed by atoms with Gasteiger partial charge in [-0.2, -0.15) is 0 Å². The van der Waals surface area contributed by atoms with Crippen LogP contribution in [0, 0.1) is 10.1 Å². The van der Waals surface area contributed by atoms with Crippen molar-refractivity contribution in [3.8, 4) is 0 Å². The molecule has 0 radical (unpaired) electrons. The van der Waals surface area contributed by atoms with Crippen LogP contribution >= 0.6 is 0 Å². The Morgan fingerprint density at radius 3 is 2.79 bits per heavy atom. The molecular formula is C13H21N3O3. The third-order valence-corrected chi connectivity index (χ3v) is 2.78. The van der Waals surface area contributed by atoms with E-state index >= 15 is 0 Å². The highest BCUT2D eigenvalue weighted by molar-refractivity contribution is 5.56. The molecule has 0 spiro atoms. The zero-order valence-corrected chi connectivity index (χ0v) is 11.7. The molecule has 0 aromatic heterocycles. The van der Waals surface area contributed by atoms with Gasteiger partial charge >= 0.3 is 0 Å². The SMILES string of the molecule is CCNc1ccc([N+](=O)[O-])cc1CN(C)CCOC. The summed E-state index contributed by atoms with van der Waals surface area (Å²) in [6.07, 6.45) is 0. The van der Waals surface area contributed by atoms with E-state index in [0.717, 1.165) is 24.3 Å². The second-order valence-electron chi connectivity index (χ2n) is 4.36. The standard InChI is InChI=1S/C13H21N3O3/c1-4-14-13-6-5-12(16(17)18)9-11(13)10-15(2)7-8-19-3/h5-6,9,14H,4,7-8,10H2,1-3H3. The highest BCUT2D eigenvalue weighted by atomic mass is 16.6.